The van der Waals surface area contributed by atoms with Crippen molar-refractivity contribution in [1.29, 1.82) is 5.26 Å². The smallest absolute Gasteiger partial charge is 0.183 e. The molecule has 0 bridgehead atoms. The van der Waals surface area contributed by atoms with Gasteiger partial charge < -0.3 is 4.74 Å². The number of nitrogens with one attached hydrogen (secondary N) is 1. The van der Waals surface area contributed by atoms with Crippen LogP contribution in [0.15, 0.2) is 83.9 Å². The highest BCUT2D eigenvalue weighted by Crippen LogP contribution is 2.25. The molecule has 0 atom stereocenters. The molecule has 0 aliphatic rings. The molecule has 0 radical (unpaired) electrons. The molecule has 3 aromatic rings. The van der Waals surface area contributed by atoms with Crippen LogP contribution in [0.25, 0.3) is 11.1 Å². The van der Waals surface area contributed by atoms with Crippen LogP contribution in [0.4, 0.5) is 5.69 Å². The number of ether oxygens (including phenoxy) is 1. The van der Waals surface area contributed by atoms with Gasteiger partial charge in [-0.15, -0.1) is 0 Å². The fourth-order valence-electron chi connectivity index (χ4n) is 2.50. The standard InChI is InChI=1S/C22H19N3OS/c1-27-22(24-16-23)25-20-11-7-18(8-12-20)19-9-13-21(14-10-19)26-15-17-5-3-2-4-6-17/h2-14H,15H2,1H3,(H,24,25). The molecule has 1 N–H and O–H groups in total. The second-order valence-electron chi connectivity index (χ2n) is 5.70. The summed E-state index contributed by atoms with van der Waals surface area (Å²) >= 11 is 1.40. The van der Waals surface area contributed by atoms with Crippen LogP contribution in [0, 0.1) is 11.5 Å². The molecule has 0 aliphatic carbocycles. The van der Waals surface area contributed by atoms with Crippen molar-refractivity contribution in [2.75, 3.05) is 6.26 Å². The topological polar surface area (TPSA) is 57.4 Å². The average molecular weight is 373 g/mol. The zero-order chi connectivity index (χ0) is 18.9. The minimum absolute atomic E-state index is 0.557. The summed E-state index contributed by atoms with van der Waals surface area (Å²) in [6.45, 7) is 0.557. The number of nitrogens with zero attached hydrogens (tertiary/aromatic N) is 2. The highest BCUT2D eigenvalue weighted by atomic mass is 32.2. The third-order valence-corrected chi connectivity index (χ3v) is 4.47. The summed E-state index contributed by atoms with van der Waals surface area (Å²) in [6, 6.07) is 26.1. The van der Waals surface area contributed by atoms with Gasteiger partial charge in [0.1, 0.15) is 12.4 Å². The number of amidine groups is 1. The molecule has 0 saturated heterocycles. The number of nitriles is 1. The normalized spacial score (nSPS) is 10.9. The third-order valence-electron chi connectivity index (χ3n) is 3.89. The number of aliphatic imine (C=N–C) groups is 1. The van der Waals surface area contributed by atoms with E-state index in [2.05, 4.69) is 10.3 Å². The Hall–Kier alpha value is -3.23. The van der Waals surface area contributed by atoms with Crippen molar-refractivity contribution >= 4 is 22.6 Å². The minimum Gasteiger partial charge on any atom is -0.489 e. The maximum Gasteiger partial charge on any atom is 0.183 e. The number of thioether (sulfide) groups is 1. The van der Waals surface area contributed by atoms with Gasteiger partial charge in [0, 0.05) is 0 Å². The van der Waals surface area contributed by atoms with E-state index in [1.165, 1.54) is 11.8 Å². The Morgan fingerprint density at radius 1 is 0.963 bits per heavy atom. The SMILES string of the molecule is CSC(=Nc1ccc(-c2ccc(OCc3ccccc3)cc2)cc1)NC#N. The van der Waals surface area contributed by atoms with Gasteiger partial charge >= 0.3 is 0 Å². The monoisotopic (exact) mass is 373 g/mol. The van der Waals surface area contributed by atoms with E-state index in [-0.39, 0.29) is 0 Å². The first-order valence-electron chi connectivity index (χ1n) is 8.43. The molecule has 0 unspecified atom stereocenters. The minimum atomic E-state index is 0.557. The Labute approximate surface area is 163 Å². The highest BCUT2D eigenvalue weighted by Gasteiger charge is 2.01. The lowest BCUT2D eigenvalue weighted by molar-refractivity contribution is 0.306. The Morgan fingerprint density at radius 3 is 2.19 bits per heavy atom. The van der Waals surface area contributed by atoms with Crippen LogP contribution >= 0.6 is 11.8 Å². The average Bonchev–Trinajstić information content (AvgIpc) is 2.73. The van der Waals surface area contributed by atoms with Gasteiger partial charge in [0.05, 0.1) is 5.69 Å². The zero-order valence-corrected chi connectivity index (χ0v) is 15.7. The fraction of sp³-hybridized carbons (Fsp3) is 0.0909. The molecule has 0 aromatic heterocycles. The van der Waals surface area contributed by atoms with Gasteiger partial charge in [-0.2, -0.15) is 5.26 Å². The largest absolute Gasteiger partial charge is 0.489 e. The summed E-state index contributed by atoms with van der Waals surface area (Å²) < 4.78 is 5.83. The van der Waals surface area contributed by atoms with E-state index >= 15 is 0 Å². The van der Waals surface area contributed by atoms with E-state index in [9.17, 15) is 0 Å². The Bertz CT molecular complexity index is 930. The first-order chi connectivity index (χ1) is 13.3. The van der Waals surface area contributed by atoms with Crippen LogP contribution in [-0.2, 0) is 6.61 Å². The van der Waals surface area contributed by atoms with Gasteiger partial charge in [0.15, 0.2) is 11.4 Å². The molecule has 134 valence electrons. The molecule has 0 spiro atoms. The van der Waals surface area contributed by atoms with E-state index in [1.807, 2.05) is 91.3 Å². The van der Waals surface area contributed by atoms with E-state index in [0.29, 0.717) is 11.8 Å². The predicted octanol–water partition coefficient (Wildman–Crippen LogP) is 5.35. The third kappa shape index (κ3) is 5.37. The van der Waals surface area contributed by atoms with E-state index in [0.717, 1.165) is 28.1 Å². The molecular formula is C22H19N3OS. The first kappa shape index (κ1) is 18.6. The van der Waals surface area contributed by atoms with E-state index in [1.54, 1.807) is 0 Å². The van der Waals surface area contributed by atoms with Crippen molar-refractivity contribution in [2.24, 2.45) is 4.99 Å². The molecular weight excluding hydrogens is 354 g/mol. The molecule has 0 saturated carbocycles. The highest BCUT2D eigenvalue weighted by molar-refractivity contribution is 8.13. The van der Waals surface area contributed by atoms with Crippen molar-refractivity contribution in [1.82, 2.24) is 5.32 Å². The molecule has 5 heteroatoms. The van der Waals surface area contributed by atoms with E-state index < -0.39 is 0 Å². The summed E-state index contributed by atoms with van der Waals surface area (Å²) in [4.78, 5) is 4.39. The molecule has 3 aromatic carbocycles. The van der Waals surface area contributed by atoms with Crippen LogP contribution in [0.2, 0.25) is 0 Å². The van der Waals surface area contributed by atoms with Gasteiger partial charge in [-0.25, -0.2) is 4.99 Å². The van der Waals surface area contributed by atoms with Gasteiger partial charge in [0.25, 0.3) is 0 Å². The summed E-state index contributed by atoms with van der Waals surface area (Å²) in [6.07, 6.45) is 3.76. The van der Waals surface area contributed by atoms with Crippen LogP contribution in [-0.4, -0.2) is 11.4 Å². The van der Waals surface area contributed by atoms with Crippen molar-refractivity contribution in [2.45, 2.75) is 6.61 Å². The number of hydrogen-bond acceptors (Lipinski definition) is 4. The van der Waals surface area contributed by atoms with Gasteiger partial charge in [-0.1, -0.05) is 66.4 Å². The van der Waals surface area contributed by atoms with Crippen LogP contribution in [0.5, 0.6) is 5.75 Å². The Kier molecular flexibility index (Phi) is 6.50. The Morgan fingerprint density at radius 2 is 1.59 bits per heavy atom. The quantitative estimate of drug-likeness (QED) is 0.283. The number of benzene rings is 3. The van der Waals surface area contributed by atoms with Crippen LogP contribution in [0.3, 0.4) is 0 Å². The van der Waals surface area contributed by atoms with Gasteiger partial charge in [-0.3, -0.25) is 5.32 Å². The zero-order valence-electron chi connectivity index (χ0n) is 14.9. The first-order valence-corrected chi connectivity index (χ1v) is 9.66. The lowest BCUT2D eigenvalue weighted by atomic mass is 10.1. The van der Waals surface area contributed by atoms with Crippen LogP contribution in [0.1, 0.15) is 5.56 Å². The molecule has 3 rings (SSSR count). The maximum atomic E-state index is 8.70. The number of rotatable bonds is 5. The number of hydrogen-bond donors (Lipinski definition) is 1. The van der Waals surface area contributed by atoms with Crippen molar-refractivity contribution < 1.29 is 4.74 Å². The lowest BCUT2D eigenvalue weighted by Gasteiger charge is -2.08. The summed E-state index contributed by atoms with van der Waals surface area (Å²) in [7, 11) is 0. The van der Waals surface area contributed by atoms with Gasteiger partial charge in [0.2, 0.25) is 0 Å². The molecule has 0 heterocycles. The molecule has 27 heavy (non-hydrogen) atoms. The van der Waals surface area contributed by atoms with Crippen molar-refractivity contribution in [3.63, 3.8) is 0 Å². The summed E-state index contributed by atoms with van der Waals surface area (Å²) in [5.74, 6) is 0.844. The van der Waals surface area contributed by atoms with Crippen LogP contribution < -0.4 is 10.1 Å². The van der Waals surface area contributed by atoms with E-state index in [4.69, 9.17) is 10.00 Å². The second kappa shape index (κ2) is 9.46. The summed E-state index contributed by atoms with van der Waals surface area (Å²) in [5.41, 5.74) is 4.15. The molecule has 0 amide bonds. The second-order valence-corrected chi connectivity index (χ2v) is 6.50. The van der Waals surface area contributed by atoms with Crippen molar-refractivity contribution in [3.8, 4) is 23.1 Å². The lowest BCUT2D eigenvalue weighted by Crippen LogP contribution is -2.12. The Balaban J connectivity index is 1.65. The predicted molar refractivity (Wildman–Crippen MR) is 112 cm³/mol. The molecule has 0 fully saturated rings. The fourth-order valence-corrected chi connectivity index (χ4v) is 2.85. The molecule has 0 aliphatic heterocycles. The summed E-state index contributed by atoms with van der Waals surface area (Å²) in [5, 5.41) is 11.8. The maximum absolute atomic E-state index is 8.70. The van der Waals surface area contributed by atoms with Crippen molar-refractivity contribution in [3.05, 3.63) is 84.4 Å². The van der Waals surface area contributed by atoms with Gasteiger partial charge in [-0.05, 0) is 47.2 Å². The molecule has 4 nitrogen and oxygen atoms in total.